The molecule has 1 aromatic carbocycles. The van der Waals surface area contributed by atoms with Gasteiger partial charge in [0.25, 0.3) is 0 Å². The minimum absolute atomic E-state index is 0.122. The normalized spacial score (nSPS) is 17.0. The largest absolute Gasteiger partial charge is 0.417 e. The molecule has 0 aliphatic carbocycles. The monoisotopic (exact) mass is 392 g/mol. The van der Waals surface area contributed by atoms with E-state index >= 15 is 0 Å². The lowest BCUT2D eigenvalue weighted by Crippen LogP contribution is -2.48. The molecule has 0 amide bonds. The third-order valence-electron chi connectivity index (χ3n) is 4.92. The van der Waals surface area contributed by atoms with Gasteiger partial charge in [0.15, 0.2) is 5.58 Å². The lowest BCUT2D eigenvalue weighted by atomic mass is 10.2. The number of aromatic nitrogens is 2. The Hall–Kier alpha value is -2.43. The van der Waals surface area contributed by atoms with Crippen molar-refractivity contribution in [2.45, 2.75) is 25.3 Å². The molecule has 0 spiro atoms. The predicted octanol–water partition coefficient (Wildman–Crippen LogP) is 1.23. The zero-order valence-corrected chi connectivity index (χ0v) is 15.9. The number of nitrogens with one attached hydrogen (secondary N) is 1. The molecule has 0 unspecified atom stereocenters. The van der Waals surface area contributed by atoms with Crippen LogP contribution in [0, 0.1) is 13.8 Å². The summed E-state index contributed by atoms with van der Waals surface area (Å²) in [5.74, 6) is 0.191. The first-order chi connectivity index (χ1) is 12.8. The van der Waals surface area contributed by atoms with Crippen LogP contribution in [0.3, 0.4) is 0 Å². The van der Waals surface area contributed by atoms with Gasteiger partial charge in [0.1, 0.15) is 5.76 Å². The number of sulfonamides is 1. The number of benzene rings is 1. The molecular weight excluding hydrogens is 372 g/mol. The highest BCUT2D eigenvalue weighted by Crippen LogP contribution is 2.22. The summed E-state index contributed by atoms with van der Waals surface area (Å²) in [7, 11) is -3.65. The van der Waals surface area contributed by atoms with Crippen molar-refractivity contribution in [2.75, 3.05) is 26.2 Å². The topological polar surface area (TPSA) is 113 Å². The minimum atomic E-state index is -3.65. The highest BCUT2D eigenvalue weighted by Gasteiger charge is 2.29. The van der Waals surface area contributed by atoms with Gasteiger partial charge >= 0.3 is 5.76 Å². The molecule has 2 aromatic heterocycles. The van der Waals surface area contributed by atoms with Crippen molar-refractivity contribution in [3.63, 3.8) is 0 Å². The number of fused-ring (bicyclic) bond motifs is 1. The number of rotatable bonds is 4. The summed E-state index contributed by atoms with van der Waals surface area (Å²) in [5.41, 5.74) is 2.63. The Morgan fingerprint density at radius 1 is 1.19 bits per heavy atom. The van der Waals surface area contributed by atoms with Crippen LogP contribution < -0.4 is 5.76 Å². The molecule has 1 saturated heterocycles. The summed E-state index contributed by atoms with van der Waals surface area (Å²) in [6.45, 7) is 6.49. The second-order valence-electron chi connectivity index (χ2n) is 6.66. The molecule has 27 heavy (non-hydrogen) atoms. The van der Waals surface area contributed by atoms with Gasteiger partial charge in [-0.2, -0.15) is 4.31 Å². The molecule has 0 saturated carbocycles. The molecule has 144 valence electrons. The SMILES string of the molecule is Cc1noc(C)c1CN1CCN(S(=O)(=O)c2ccc3[nH]c(=O)oc3c2)CC1. The van der Waals surface area contributed by atoms with E-state index in [9.17, 15) is 13.2 Å². The number of aromatic amines is 1. The predicted molar refractivity (Wildman–Crippen MR) is 96.8 cm³/mol. The molecular formula is C17H20N4O5S. The second-order valence-corrected chi connectivity index (χ2v) is 8.59. The van der Waals surface area contributed by atoms with E-state index in [0.29, 0.717) is 38.2 Å². The second kappa shape index (κ2) is 6.63. The number of nitrogens with zero attached hydrogens (tertiary/aromatic N) is 3. The average Bonchev–Trinajstić information content (AvgIpc) is 3.17. The lowest BCUT2D eigenvalue weighted by molar-refractivity contribution is 0.180. The number of aryl methyl sites for hydroxylation is 2. The van der Waals surface area contributed by atoms with Crippen molar-refractivity contribution in [1.29, 1.82) is 0 Å². The Labute approximate surface area is 155 Å². The van der Waals surface area contributed by atoms with E-state index in [1.807, 2.05) is 13.8 Å². The lowest BCUT2D eigenvalue weighted by Gasteiger charge is -2.33. The Balaban J connectivity index is 1.48. The molecule has 1 aliphatic heterocycles. The van der Waals surface area contributed by atoms with E-state index in [1.54, 1.807) is 6.07 Å². The fourth-order valence-electron chi connectivity index (χ4n) is 3.31. The molecule has 0 bridgehead atoms. The molecule has 0 radical (unpaired) electrons. The van der Waals surface area contributed by atoms with Crippen LogP contribution in [0.1, 0.15) is 17.0 Å². The molecule has 9 nitrogen and oxygen atoms in total. The van der Waals surface area contributed by atoms with Gasteiger partial charge in [-0.3, -0.25) is 9.88 Å². The van der Waals surface area contributed by atoms with Gasteiger partial charge in [-0.15, -0.1) is 0 Å². The molecule has 1 fully saturated rings. The van der Waals surface area contributed by atoms with Crippen molar-refractivity contribution < 1.29 is 17.4 Å². The number of piperazine rings is 1. The first-order valence-corrected chi connectivity index (χ1v) is 10.1. The molecule has 3 aromatic rings. The summed E-state index contributed by atoms with van der Waals surface area (Å²) < 4.78 is 37.5. The maximum atomic E-state index is 12.9. The van der Waals surface area contributed by atoms with E-state index in [2.05, 4.69) is 15.0 Å². The van der Waals surface area contributed by atoms with E-state index in [1.165, 1.54) is 16.4 Å². The highest BCUT2D eigenvalue weighted by molar-refractivity contribution is 7.89. The van der Waals surface area contributed by atoms with Gasteiger partial charge in [-0.1, -0.05) is 5.16 Å². The zero-order chi connectivity index (χ0) is 19.2. The molecule has 1 aliphatic rings. The van der Waals surface area contributed by atoms with Gasteiger partial charge in [0, 0.05) is 44.4 Å². The highest BCUT2D eigenvalue weighted by atomic mass is 32.2. The van der Waals surface area contributed by atoms with Crippen LogP contribution in [0.15, 0.2) is 36.8 Å². The van der Waals surface area contributed by atoms with Gasteiger partial charge < -0.3 is 8.94 Å². The maximum Gasteiger partial charge on any atom is 0.417 e. The summed E-state index contributed by atoms with van der Waals surface area (Å²) in [6.07, 6.45) is 0. The minimum Gasteiger partial charge on any atom is -0.408 e. The smallest absolute Gasteiger partial charge is 0.408 e. The molecule has 10 heteroatoms. The van der Waals surface area contributed by atoms with Crippen LogP contribution in [-0.2, 0) is 16.6 Å². The maximum absolute atomic E-state index is 12.9. The van der Waals surface area contributed by atoms with Crippen molar-refractivity contribution in [3.05, 3.63) is 45.8 Å². The summed E-state index contributed by atoms with van der Waals surface area (Å²) in [5, 5.41) is 3.96. The number of hydrogen-bond donors (Lipinski definition) is 1. The third kappa shape index (κ3) is 3.31. The Bertz CT molecular complexity index is 1120. The summed E-state index contributed by atoms with van der Waals surface area (Å²) >= 11 is 0. The molecule has 0 atom stereocenters. The zero-order valence-electron chi connectivity index (χ0n) is 15.1. The van der Waals surface area contributed by atoms with E-state index in [0.717, 1.165) is 17.0 Å². The van der Waals surface area contributed by atoms with Crippen LogP contribution in [-0.4, -0.2) is 53.9 Å². The Kier molecular flexibility index (Phi) is 4.41. The van der Waals surface area contributed by atoms with E-state index in [-0.39, 0.29) is 10.5 Å². The number of oxazole rings is 1. The fraction of sp³-hybridized carbons (Fsp3) is 0.412. The van der Waals surface area contributed by atoms with Crippen molar-refractivity contribution in [1.82, 2.24) is 19.3 Å². The van der Waals surface area contributed by atoms with Gasteiger partial charge in [-0.05, 0) is 26.0 Å². The van der Waals surface area contributed by atoms with E-state index < -0.39 is 15.8 Å². The van der Waals surface area contributed by atoms with Crippen LogP contribution >= 0.6 is 0 Å². The third-order valence-corrected chi connectivity index (χ3v) is 6.82. The Morgan fingerprint density at radius 3 is 2.59 bits per heavy atom. The van der Waals surface area contributed by atoms with Crippen molar-refractivity contribution in [2.24, 2.45) is 0 Å². The van der Waals surface area contributed by atoms with E-state index in [4.69, 9.17) is 8.94 Å². The first-order valence-electron chi connectivity index (χ1n) is 8.62. The van der Waals surface area contributed by atoms with Gasteiger partial charge in [0.05, 0.1) is 16.1 Å². The van der Waals surface area contributed by atoms with Crippen LogP contribution in [0.5, 0.6) is 0 Å². The van der Waals surface area contributed by atoms with Crippen molar-refractivity contribution >= 4 is 21.1 Å². The quantitative estimate of drug-likeness (QED) is 0.710. The molecule has 3 heterocycles. The van der Waals surface area contributed by atoms with Crippen molar-refractivity contribution in [3.8, 4) is 0 Å². The molecule has 1 N–H and O–H groups in total. The van der Waals surface area contributed by atoms with Crippen LogP contribution in [0.25, 0.3) is 11.1 Å². The number of hydrogen-bond acceptors (Lipinski definition) is 7. The first kappa shape index (κ1) is 18.0. The van der Waals surface area contributed by atoms with Crippen LogP contribution in [0.4, 0.5) is 0 Å². The Morgan fingerprint density at radius 2 is 1.93 bits per heavy atom. The fourth-order valence-corrected chi connectivity index (χ4v) is 4.75. The van der Waals surface area contributed by atoms with Crippen LogP contribution in [0.2, 0.25) is 0 Å². The van der Waals surface area contributed by atoms with Gasteiger partial charge in [-0.25, -0.2) is 13.2 Å². The van der Waals surface area contributed by atoms with Gasteiger partial charge in [0.2, 0.25) is 10.0 Å². The standard InChI is InChI=1S/C17H20N4O5S/c1-11-14(12(2)26-19-11)10-20-5-7-21(8-6-20)27(23,24)13-3-4-15-16(9-13)25-17(22)18-15/h3-4,9H,5-8,10H2,1-2H3,(H,18,22). The average molecular weight is 392 g/mol. The summed E-state index contributed by atoms with van der Waals surface area (Å²) in [4.78, 5) is 16.1. The molecule has 4 rings (SSSR count). The number of H-pyrrole nitrogens is 1. The summed E-state index contributed by atoms with van der Waals surface area (Å²) in [6, 6.07) is 4.42.